The van der Waals surface area contributed by atoms with Gasteiger partial charge in [-0.15, -0.1) is 0 Å². The van der Waals surface area contributed by atoms with Crippen LogP contribution in [0.1, 0.15) is 11.1 Å². The molecule has 4 rings (SSSR count). The molecule has 0 N–H and O–H groups in total. The molecule has 2 aromatic carbocycles. The molecule has 5 nitrogen and oxygen atoms in total. The number of ether oxygens (including phenoxy) is 1. The molecule has 2 aliphatic heterocycles. The lowest BCUT2D eigenvalue weighted by atomic mass is 10.1. The van der Waals surface area contributed by atoms with Gasteiger partial charge in [0.25, 0.3) is 0 Å². The molecular formula is C23H29N3O2. The van der Waals surface area contributed by atoms with Gasteiger partial charge >= 0.3 is 0 Å². The van der Waals surface area contributed by atoms with Crippen LogP contribution < -0.4 is 9.80 Å². The molecule has 28 heavy (non-hydrogen) atoms. The lowest BCUT2D eigenvalue weighted by molar-refractivity contribution is -0.130. The van der Waals surface area contributed by atoms with Gasteiger partial charge in [0.1, 0.15) is 0 Å². The maximum Gasteiger partial charge on any atom is 0.227 e. The number of amides is 1. The van der Waals surface area contributed by atoms with Gasteiger partial charge in [0, 0.05) is 39.3 Å². The van der Waals surface area contributed by atoms with E-state index in [2.05, 4.69) is 53.1 Å². The van der Waals surface area contributed by atoms with E-state index >= 15 is 0 Å². The van der Waals surface area contributed by atoms with Crippen molar-refractivity contribution in [1.82, 2.24) is 4.90 Å². The number of hydrogen-bond donors (Lipinski definition) is 0. The number of anilines is 2. The van der Waals surface area contributed by atoms with Crippen LogP contribution in [0.25, 0.3) is 0 Å². The largest absolute Gasteiger partial charge is 0.378 e. The molecule has 2 aliphatic rings. The Balaban J connectivity index is 1.39. The van der Waals surface area contributed by atoms with E-state index in [0.29, 0.717) is 6.42 Å². The van der Waals surface area contributed by atoms with Crippen molar-refractivity contribution < 1.29 is 9.53 Å². The highest BCUT2D eigenvalue weighted by molar-refractivity contribution is 5.80. The number of rotatable bonds is 4. The fraction of sp³-hybridized carbons (Fsp3) is 0.435. The summed E-state index contributed by atoms with van der Waals surface area (Å²) >= 11 is 0. The third kappa shape index (κ3) is 4.14. The summed E-state index contributed by atoms with van der Waals surface area (Å²) in [6.45, 7) is 8.83. The maximum absolute atomic E-state index is 12.8. The third-order valence-corrected chi connectivity index (χ3v) is 5.81. The minimum absolute atomic E-state index is 0.232. The van der Waals surface area contributed by atoms with Gasteiger partial charge in [-0.05, 0) is 30.2 Å². The zero-order valence-electron chi connectivity index (χ0n) is 16.6. The van der Waals surface area contributed by atoms with Crippen molar-refractivity contribution in [2.45, 2.75) is 13.3 Å². The molecular weight excluding hydrogens is 350 g/mol. The molecule has 0 atom stereocenters. The fourth-order valence-electron chi connectivity index (χ4n) is 4.08. The Morgan fingerprint density at radius 2 is 1.39 bits per heavy atom. The molecule has 0 aliphatic carbocycles. The van der Waals surface area contributed by atoms with Crippen LogP contribution in [0.2, 0.25) is 0 Å². The highest BCUT2D eigenvalue weighted by Crippen LogP contribution is 2.30. The van der Waals surface area contributed by atoms with Crippen LogP contribution >= 0.6 is 0 Å². The van der Waals surface area contributed by atoms with Gasteiger partial charge in [-0.25, -0.2) is 0 Å². The van der Waals surface area contributed by atoms with Crippen LogP contribution in [0.4, 0.5) is 11.4 Å². The summed E-state index contributed by atoms with van der Waals surface area (Å²) in [5, 5.41) is 0. The molecule has 148 valence electrons. The van der Waals surface area contributed by atoms with Crippen LogP contribution in [0.3, 0.4) is 0 Å². The molecule has 5 heteroatoms. The Bertz CT molecular complexity index is 809. The fourth-order valence-corrected chi connectivity index (χ4v) is 4.08. The number of hydrogen-bond acceptors (Lipinski definition) is 4. The summed E-state index contributed by atoms with van der Waals surface area (Å²) in [7, 11) is 0. The van der Waals surface area contributed by atoms with E-state index in [1.807, 2.05) is 17.0 Å². The first-order chi connectivity index (χ1) is 13.7. The van der Waals surface area contributed by atoms with Crippen LogP contribution in [-0.4, -0.2) is 63.3 Å². The Morgan fingerprint density at radius 3 is 2.04 bits per heavy atom. The van der Waals surface area contributed by atoms with E-state index in [9.17, 15) is 4.79 Å². The Kier molecular flexibility index (Phi) is 5.81. The Morgan fingerprint density at radius 1 is 0.821 bits per heavy atom. The number of para-hydroxylation sites is 2. The number of aryl methyl sites for hydroxylation is 1. The van der Waals surface area contributed by atoms with Crippen molar-refractivity contribution in [2.75, 3.05) is 62.3 Å². The maximum atomic E-state index is 12.8. The van der Waals surface area contributed by atoms with Crippen molar-refractivity contribution in [3.05, 3.63) is 59.7 Å². The molecule has 2 saturated heterocycles. The van der Waals surface area contributed by atoms with Crippen molar-refractivity contribution in [3.63, 3.8) is 0 Å². The topological polar surface area (TPSA) is 36.0 Å². The van der Waals surface area contributed by atoms with Crippen LogP contribution in [-0.2, 0) is 16.0 Å². The highest BCUT2D eigenvalue weighted by atomic mass is 16.5. The molecule has 0 radical (unpaired) electrons. The second-order valence-electron chi connectivity index (χ2n) is 7.56. The first kappa shape index (κ1) is 18.8. The van der Waals surface area contributed by atoms with Gasteiger partial charge in [-0.3, -0.25) is 4.79 Å². The van der Waals surface area contributed by atoms with Crippen LogP contribution in [0, 0.1) is 6.92 Å². The summed E-state index contributed by atoms with van der Waals surface area (Å²) in [4.78, 5) is 19.6. The lowest BCUT2D eigenvalue weighted by Crippen LogP contribution is -2.49. The van der Waals surface area contributed by atoms with E-state index in [1.54, 1.807) is 0 Å². The lowest BCUT2D eigenvalue weighted by Gasteiger charge is -2.39. The molecule has 1 amide bonds. The standard InChI is InChI=1S/C23H29N3O2/c1-19-6-2-3-7-20(19)18-23(27)26-12-10-24(11-13-26)21-8-4-5-9-22(21)25-14-16-28-17-15-25/h2-9H,10-18H2,1H3. The van der Waals surface area contributed by atoms with E-state index < -0.39 is 0 Å². The second kappa shape index (κ2) is 8.65. The van der Waals surface area contributed by atoms with Gasteiger partial charge in [0.2, 0.25) is 5.91 Å². The van der Waals surface area contributed by atoms with E-state index in [4.69, 9.17) is 4.74 Å². The van der Waals surface area contributed by atoms with Gasteiger partial charge in [0.05, 0.1) is 31.0 Å². The normalized spacial score (nSPS) is 17.7. The Labute approximate surface area is 167 Å². The second-order valence-corrected chi connectivity index (χ2v) is 7.56. The smallest absolute Gasteiger partial charge is 0.227 e. The number of morpholine rings is 1. The molecule has 0 aromatic heterocycles. The minimum atomic E-state index is 0.232. The van der Waals surface area contributed by atoms with Gasteiger partial charge in [0.15, 0.2) is 0 Å². The predicted molar refractivity (Wildman–Crippen MR) is 113 cm³/mol. The first-order valence-electron chi connectivity index (χ1n) is 10.2. The molecule has 0 bridgehead atoms. The average molecular weight is 380 g/mol. The first-order valence-corrected chi connectivity index (χ1v) is 10.2. The molecule has 0 saturated carbocycles. The van der Waals surface area contributed by atoms with E-state index in [0.717, 1.165) is 58.0 Å². The summed E-state index contributed by atoms with van der Waals surface area (Å²) in [6.07, 6.45) is 0.497. The van der Waals surface area contributed by atoms with Crippen molar-refractivity contribution >= 4 is 17.3 Å². The highest BCUT2D eigenvalue weighted by Gasteiger charge is 2.24. The SMILES string of the molecule is Cc1ccccc1CC(=O)N1CCN(c2ccccc2N2CCOCC2)CC1. The van der Waals surface area contributed by atoms with Crippen LogP contribution in [0.5, 0.6) is 0 Å². The number of carbonyl (C=O) groups excluding carboxylic acids is 1. The average Bonchev–Trinajstić information content (AvgIpc) is 2.76. The summed E-state index contributed by atoms with van der Waals surface area (Å²) in [5.41, 5.74) is 4.88. The molecule has 0 spiro atoms. The number of benzene rings is 2. The van der Waals surface area contributed by atoms with Crippen LogP contribution in [0.15, 0.2) is 48.5 Å². The summed E-state index contributed by atoms with van der Waals surface area (Å²) in [5.74, 6) is 0.232. The molecule has 2 fully saturated rings. The number of carbonyl (C=O) groups is 1. The Hall–Kier alpha value is -2.53. The van der Waals surface area contributed by atoms with Gasteiger partial charge in [-0.1, -0.05) is 36.4 Å². The zero-order valence-corrected chi connectivity index (χ0v) is 16.6. The molecule has 2 aromatic rings. The molecule has 0 unspecified atom stereocenters. The number of nitrogens with zero attached hydrogens (tertiary/aromatic N) is 3. The van der Waals surface area contributed by atoms with Crippen molar-refractivity contribution in [2.24, 2.45) is 0 Å². The minimum Gasteiger partial charge on any atom is -0.378 e. The number of piperazine rings is 1. The molecule has 2 heterocycles. The summed E-state index contributed by atoms with van der Waals surface area (Å²) in [6, 6.07) is 16.8. The van der Waals surface area contributed by atoms with Crippen molar-refractivity contribution in [3.8, 4) is 0 Å². The monoisotopic (exact) mass is 379 g/mol. The zero-order chi connectivity index (χ0) is 19.3. The summed E-state index contributed by atoms with van der Waals surface area (Å²) < 4.78 is 5.50. The quantitative estimate of drug-likeness (QED) is 0.818. The van der Waals surface area contributed by atoms with Crippen molar-refractivity contribution in [1.29, 1.82) is 0 Å². The third-order valence-electron chi connectivity index (χ3n) is 5.81. The van der Waals surface area contributed by atoms with E-state index in [-0.39, 0.29) is 5.91 Å². The van der Waals surface area contributed by atoms with E-state index in [1.165, 1.54) is 16.9 Å². The van der Waals surface area contributed by atoms with Gasteiger partial charge in [-0.2, -0.15) is 0 Å². The van der Waals surface area contributed by atoms with Gasteiger partial charge < -0.3 is 19.4 Å². The predicted octanol–water partition coefficient (Wildman–Crippen LogP) is 2.72.